The second-order valence-electron chi connectivity index (χ2n) is 19.7. The highest BCUT2D eigenvalue weighted by Gasteiger charge is 2.35. The van der Waals surface area contributed by atoms with Crippen LogP contribution >= 0.6 is 0 Å². The molecule has 4 aliphatic heterocycles. The molecule has 0 amide bonds. The van der Waals surface area contributed by atoms with E-state index in [4.69, 9.17) is 0 Å². The van der Waals surface area contributed by atoms with Gasteiger partial charge in [-0.15, -0.1) is 0 Å². The number of para-hydroxylation sites is 2. The second-order valence-corrected chi connectivity index (χ2v) is 19.7. The first-order valence-corrected chi connectivity index (χ1v) is 24.8. The Bertz CT molecular complexity index is 2680. The van der Waals surface area contributed by atoms with Crippen LogP contribution in [0.5, 0.6) is 46.0 Å². The summed E-state index contributed by atoms with van der Waals surface area (Å²) in [6, 6.07) is 31.3. The summed E-state index contributed by atoms with van der Waals surface area (Å²) in [7, 11) is 0. The summed E-state index contributed by atoms with van der Waals surface area (Å²) in [6.45, 7) is 5.31. The first-order chi connectivity index (χ1) is 33.9. The lowest BCUT2D eigenvalue weighted by Gasteiger charge is -2.41. The number of aromatic hydroxyl groups is 8. The lowest BCUT2D eigenvalue weighted by Crippen LogP contribution is -2.39. The maximum absolute atomic E-state index is 15.9. The molecule has 364 valence electrons. The van der Waals surface area contributed by atoms with Crippen LogP contribution in [0.2, 0.25) is 0 Å². The number of anilines is 4. The van der Waals surface area contributed by atoms with Gasteiger partial charge in [0.05, 0.1) is 22.7 Å². The average molecular weight is 947 g/mol. The molecule has 0 radical (unpaired) electrons. The zero-order valence-corrected chi connectivity index (χ0v) is 39.3. The van der Waals surface area contributed by atoms with Crippen molar-refractivity contribution < 1.29 is 45.6 Å². The van der Waals surface area contributed by atoms with Crippen LogP contribution in [0.15, 0.2) is 109 Å². The van der Waals surface area contributed by atoms with Crippen molar-refractivity contribution in [2.24, 2.45) is 0 Å². The number of nitrogens with zero attached hydrogens (tertiary/aromatic N) is 4. The number of hydrogen-bond acceptors (Lipinski definition) is 13. The van der Waals surface area contributed by atoms with E-state index in [9.17, 15) is 40.9 Å². The molecule has 13 heteroatoms. The Hall–Kier alpha value is -7.41. The minimum absolute atomic E-state index is 0.0171. The molecule has 10 rings (SSSR count). The van der Waals surface area contributed by atoms with Crippen LogP contribution in [0.4, 0.5) is 22.7 Å². The molecule has 0 spiro atoms. The first-order valence-electron chi connectivity index (χ1n) is 24.8. The molecule has 0 unspecified atom stereocenters. The average Bonchev–Trinajstić information content (AvgIpc) is 3.36. The number of carbonyl (C=O) groups excluding carboxylic acids is 1. The fraction of sp³-hybridized carbons (Fsp3) is 0.351. The highest BCUT2D eigenvalue weighted by Crippen LogP contribution is 2.47. The molecule has 4 fully saturated rings. The number of hydrogen-bond donors (Lipinski definition) is 8. The Labute approximate surface area is 408 Å². The zero-order chi connectivity index (χ0) is 48.6. The van der Waals surface area contributed by atoms with Crippen molar-refractivity contribution in [3.63, 3.8) is 0 Å². The lowest BCUT2D eigenvalue weighted by molar-refractivity contribution is 0.103. The second kappa shape index (κ2) is 19.5. The van der Waals surface area contributed by atoms with E-state index >= 15 is 4.79 Å². The summed E-state index contributed by atoms with van der Waals surface area (Å²) in [4.78, 5) is 25.2. The summed E-state index contributed by atoms with van der Waals surface area (Å²) >= 11 is 0. The number of benzene rings is 6. The Morgan fingerprint density at radius 1 is 0.343 bits per heavy atom. The summed E-state index contributed by atoms with van der Waals surface area (Å²) in [5.41, 5.74) is 8.14. The first kappa shape index (κ1) is 46.3. The van der Waals surface area contributed by atoms with E-state index in [0.29, 0.717) is 63.5 Å². The third-order valence-electron chi connectivity index (χ3n) is 15.6. The number of phenols is 8. The van der Waals surface area contributed by atoms with Gasteiger partial charge in [0.2, 0.25) is 0 Å². The SMILES string of the molecule is O=C(c1cccc(N2CCC(c3ccc(O)cc3O)CC2)c1N1CCC(c2ccc(O)cc2O)CC1)c1cccc(N2CCC(c3ccc(O)cc3O)CC2)c1N1CCC(c2ccc(O)cc2O)CC1. The molecule has 13 nitrogen and oxygen atoms in total. The van der Waals surface area contributed by atoms with Crippen molar-refractivity contribution in [1.29, 1.82) is 0 Å². The molecule has 4 saturated heterocycles. The van der Waals surface area contributed by atoms with Crippen molar-refractivity contribution in [3.05, 3.63) is 143 Å². The molecule has 0 aromatic heterocycles. The molecule has 4 aliphatic rings. The Morgan fingerprint density at radius 2 is 0.600 bits per heavy atom. The van der Waals surface area contributed by atoms with Crippen molar-refractivity contribution in [1.82, 2.24) is 0 Å². The highest BCUT2D eigenvalue weighted by molar-refractivity contribution is 6.18. The van der Waals surface area contributed by atoms with Crippen LogP contribution in [0.1, 0.15) is 113 Å². The number of ketones is 1. The zero-order valence-electron chi connectivity index (χ0n) is 39.3. The van der Waals surface area contributed by atoms with Crippen molar-refractivity contribution in [2.75, 3.05) is 72.0 Å². The van der Waals surface area contributed by atoms with E-state index in [2.05, 4.69) is 31.7 Å². The lowest BCUT2D eigenvalue weighted by atomic mass is 9.86. The van der Waals surface area contributed by atoms with Gasteiger partial charge in [0.15, 0.2) is 5.78 Å². The van der Waals surface area contributed by atoms with Gasteiger partial charge in [0.25, 0.3) is 0 Å². The van der Waals surface area contributed by atoms with Crippen molar-refractivity contribution in [2.45, 2.75) is 75.0 Å². The maximum Gasteiger partial charge on any atom is 0.197 e. The predicted molar refractivity (Wildman–Crippen MR) is 272 cm³/mol. The van der Waals surface area contributed by atoms with Gasteiger partial charge in [0, 0.05) is 87.8 Å². The number of piperidine rings is 4. The third kappa shape index (κ3) is 9.24. The Morgan fingerprint density at radius 3 is 0.857 bits per heavy atom. The quantitative estimate of drug-likeness (QED) is 0.0606. The van der Waals surface area contributed by atoms with E-state index in [1.54, 1.807) is 48.5 Å². The van der Waals surface area contributed by atoms with Gasteiger partial charge in [-0.1, -0.05) is 36.4 Å². The maximum atomic E-state index is 15.9. The monoisotopic (exact) mass is 946 g/mol. The minimum Gasteiger partial charge on any atom is -0.508 e. The molecule has 6 aromatic carbocycles. The predicted octanol–water partition coefficient (Wildman–Crippen LogP) is 10.1. The van der Waals surface area contributed by atoms with Crippen LogP contribution in [0, 0.1) is 0 Å². The molecule has 0 bridgehead atoms. The number of phenolic OH excluding ortho intramolecular Hbond substituents is 8. The van der Waals surface area contributed by atoms with E-state index in [0.717, 1.165) is 96.4 Å². The van der Waals surface area contributed by atoms with E-state index in [1.165, 1.54) is 24.3 Å². The summed E-state index contributed by atoms with van der Waals surface area (Å²) < 4.78 is 0. The largest absolute Gasteiger partial charge is 0.508 e. The summed E-state index contributed by atoms with van der Waals surface area (Å²) in [5.74, 6) is 0.676. The van der Waals surface area contributed by atoms with Crippen LogP contribution in [0.25, 0.3) is 0 Å². The molecule has 4 heterocycles. The van der Waals surface area contributed by atoms with Gasteiger partial charge in [-0.25, -0.2) is 0 Å². The fourth-order valence-electron chi connectivity index (χ4n) is 11.9. The topological polar surface area (TPSA) is 192 Å². The van der Waals surface area contributed by atoms with E-state index in [-0.39, 0.29) is 75.5 Å². The summed E-state index contributed by atoms with van der Waals surface area (Å²) in [5, 5.41) is 83.3. The van der Waals surface area contributed by atoms with E-state index < -0.39 is 0 Å². The van der Waals surface area contributed by atoms with Gasteiger partial charge in [-0.2, -0.15) is 0 Å². The van der Waals surface area contributed by atoms with Crippen molar-refractivity contribution in [3.8, 4) is 46.0 Å². The molecule has 0 aliphatic carbocycles. The van der Waals surface area contributed by atoms with Crippen LogP contribution in [-0.2, 0) is 0 Å². The fourth-order valence-corrected chi connectivity index (χ4v) is 11.9. The highest BCUT2D eigenvalue weighted by atomic mass is 16.3. The van der Waals surface area contributed by atoms with E-state index in [1.807, 2.05) is 24.3 Å². The van der Waals surface area contributed by atoms with Gasteiger partial charge in [-0.05, 0) is 146 Å². The normalized spacial score (nSPS) is 17.8. The minimum atomic E-state index is -0.0851. The van der Waals surface area contributed by atoms with Crippen LogP contribution < -0.4 is 19.6 Å². The summed E-state index contributed by atoms with van der Waals surface area (Å²) in [6.07, 6.45) is 5.99. The van der Waals surface area contributed by atoms with Gasteiger partial charge >= 0.3 is 0 Å². The molecular formula is C57H62N4O9. The molecule has 6 aromatic rings. The smallest absolute Gasteiger partial charge is 0.197 e. The third-order valence-corrected chi connectivity index (χ3v) is 15.6. The van der Waals surface area contributed by atoms with Gasteiger partial charge < -0.3 is 60.5 Å². The van der Waals surface area contributed by atoms with Gasteiger partial charge in [-0.3, -0.25) is 4.79 Å². The molecule has 0 atom stereocenters. The van der Waals surface area contributed by atoms with Crippen LogP contribution in [-0.4, -0.2) is 99.0 Å². The molecular weight excluding hydrogens is 885 g/mol. The van der Waals surface area contributed by atoms with Crippen LogP contribution in [0.3, 0.4) is 0 Å². The van der Waals surface area contributed by atoms with Gasteiger partial charge in [0.1, 0.15) is 46.0 Å². The number of rotatable bonds is 10. The molecule has 70 heavy (non-hydrogen) atoms. The molecule has 8 N–H and O–H groups in total. The molecule has 0 saturated carbocycles. The standard InChI is InChI=1S/C57H62N4O9/c62-39-7-11-43(51(66)31-39)35-15-23-58(24-16-35)49-5-1-3-47(55(49)60-27-19-37(20-28-60)45-13-9-41(64)33-53(45)68)57(70)48-4-2-6-50(59-25-17-36(18-26-59)44-12-8-40(63)32-52(44)67)56(48)61-29-21-38(22-30-61)46-14-10-42(65)34-54(46)69/h1-14,31-38,62-69H,15-30H2. The Balaban J connectivity index is 1.00. The Kier molecular flexibility index (Phi) is 12.9. The van der Waals surface area contributed by atoms with Crippen molar-refractivity contribution >= 4 is 28.5 Å². The number of carbonyl (C=O) groups is 1.